The molecule has 1 aliphatic heterocycles. The highest BCUT2D eigenvalue weighted by Crippen LogP contribution is 2.22. The summed E-state index contributed by atoms with van der Waals surface area (Å²) < 4.78 is 39.2. The minimum Gasteiger partial charge on any atom is -0.350 e. The number of amides is 1. The zero-order valence-corrected chi connectivity index (χ0v) is 18.9. The number of sulfonamides is 1. The number of nitrogens with zero attached hydrogens (tertiary/aromatic N) is 2. The molecule has 1 aliphatic rings. The van der Waals surface area contributed by atoms with Crippen molar-refractivity contribution in [2.24, 2.45) is 0 Å². The molecule has 0 aromatic heterocycles. The van der Waals surface area contributed by atoms with Gasteiger partial charge in [-0.1, -0.05) is 36.8 Å². The van der Waals surface area contributed by atoms with Crippen molar-refractivity contribution >= 4 is 21.6 Å². The van der Waals surface area contributed by atoms with Crippen molar-refractivity contribution in [2.75, 3.05) is 23.7 Å². The summed E-state index contributed by atoms with van der Waals surface area (Å²) in [4.78, 5) is 15.2. The summed E-state index contributed by atoms with van der Waals surface area (Å²) in [7, 11) is -3.78. The molecule has 6 nitrogen and oxygen atoms in total. The molecule has 1 heterocycles. The Balaban J connectivity index is 1.65. The van der Waals surface area contributed by atoms with E-state index in [1.807, 2.05) is 12.1 Å². The van der Waals surface area contributed by atoms with Crippen LogP contribution in [0, 0.1) is 5.82 Å². The summed E-state index contributed by atoms with van der Waals surface area (Å²) in [5.74, 6) is -1.01. The number of carbonyl (C=O) groups excluding carboxylic acids is 1. The van der Waals surface area contributed by atoms with Gasteiger partial charge >= 0.3 is 0 Å². The zero-order valence-electron chi connectivity index (χ0n) is 18.1. The summed E-state index contributed by atoms with van der Waals surface area (Å²) in [6, 6.07) is 12.3. The van der Waals surface area contributed by atoms with E-state index in [2.05, 4.69) is 22.3 Å². The fraction of sp³-hybridized carbons (Fsp3) is 0.435. The lowest BCUT2D eigenvalue weighted by Gasteiger charge is -2.28. The number of rotatable bonds is 8. The van der Waals surface area contributed by atoms with Gasteiger partial charge in [-0.15, -0.1) is 0 Å². The lowest BCUT2D eigenvalue weighted by Crippen LogP contribution is -2.47. The smallest absolute Gasteiger partial charge is 0.243 e. The lowest BCUT2D eigenvalue weighted by atomic mass is 10.1. The number of hydrogen-bond donors (Lipinski definition) is 1. The molecule has 8 heteroatoms. The molecule has 1 fully saturated rings. The molecular weight excluding hydrogens is 417 g/mol. The normalized spacial score (nSPS) is 16.0. The zero-order chi connectivity index (χ0) is 22.4. The lowest BCUT2D eigenvalue weighted by molar-refractivity contribution is -0.122. The van der Waals surface area contributed by atoms with Gasteiger partial charge < -0.3 is 5.32 Å². The molecule has 0 radical (unpaired) electrons. The first-order valence-corrected chi connectivity index (χ1v) is 12.4. The molecule has 1 amide bonds. The van der Waals surface area contributed by atoms with Crippen LogP contribution in [0.4, 0.5) is 10.1 Å². The van der Waals surface area contributed by atoms with Crippen molar-refractivity contribution < 1.29 is 17.6 Å². The van der Waals surface area contributed by atoms with Crippen LogP contribution in [0.5, 0.6) is 0 Å². The van der Waals surface area contributed by atoms with E-state index in [0.29, 0.717) is 0 Å². The van der Waals surface area contributed by atoms with E-state index in [-0.39, 0.29) is 12.2 Å². The first-order chi connectivity index (χ1) is 14.7. The third-order valence-electron chi connectivity index (χ3n) is 5.46. The molecule has 1 saturated heterocycles. The van der Waals surface area contributed by atoms with Crippen LogP contribution < -0.4 is 9.62 Å². The average Bonchev–Trinajstić information content (AvgIpc) is 2.72. The van der Waals surface area contributed by atoms with E-state index in [1.54, 1.807) is 0 Å². The number of likely N-dealkylation sites (tertiary alicyclic amines) is 1. The summed E-state index contributed by atoms with van der Waals surface area (Å²) >= 11 is 0. The van der Waals surface area contributed by atoms with Crippen molar-refractivity contribution in [1.29, 1.82) is 0 Å². The first kappa shape index (κ1) is 23.2. The number of hydrogen-bond acceptors (Lipinski definition) is 4. The number of anilines is 1. The first-order valence-electron chi connectivity index (χ1n) is 10.6. The van der Waals surface area contributed by atoms with E-state index in [0.717, 1.165) is 41.8 Å². The number of nitrogens with one attached hydrogen (secondary N) is 1. The molecule has 1 N–H and O–H groups in total. The molecule has 31 heavy (non-hydrogen) atoms. The van der Waals surface area contributed by atoms with Crippen molar-refractivity contribution in [3.8, 4) is 0 Å². The molecule has 0 spiro atoms. The van der Waals surface area contributed by atoms with Crippen LogP contribution in [0.25, 0.3) is 0 Å². The van der Waals surface area contributed by atoms with Crippen molar-refractivity contribution in [3.63, 3.8) is 0 Å². The monoisotopic (exact) mass is 447 g/mol. The second kappa shape index (κ2) is 10.2. The maximum atomic E-state index is 13.6. The molecule has 3 rings (SSSR count). The van der Waals surface area contributed by atoms with E-state index in [4.69, 9.17) is 0 Å². The Morgan fingerprint density at radius 1 is 1.10 bits per heavy atom. The van der Waals surface area contributed by atoms with Gasteiger partial charge in [0.15, 0.2) is 0 Å². The summed E-state index contributed by atoms with van der Waals surface area (Å²) in [5, 5.41) is 2.81. The third kappa shape index (κ3) is 6.51. The SMILES string of the molecule is CC(C(=O)NCc1cccc(CN2CCCCC2)c1)N(c1cccc(F)c1)S(C)(=O)=O. The van der Waals surface area contributed by atoms with Gasteiger partial charge in [0.05, 0.1) is 11.9 Å². The second-order valence-electron chi connectivity index (χ2n) is 8.09. The van der Waals surface area contributed by atoms with E-state index in [1.165, 1.54) is 49.9 Å². The van der Waals surface area contributed by atoms with Crippen molar-refractivity contribution in [3.05, 3.63) is 65.5 Å². The Morgan fingerprint density at radius 3 is 2.45 bits per heavy atom. The number of piperidine rings is 1. The molecule has 2 aromatic carbocycles. The minimum absolute atomic E-state index is 0.119. The van der Waals surface area contributed by atoms with Crippen LogP contribution in [-0.4, -0.2) is 44.6 Å². The van der Waals surface area contributed by atoms with Gasteiger partial charge in [-0.05, 0) is 62.2 Å². The molecule has 0 saturated carbocycles. The van der Waals surface area contributed by atoms with Crippen LogP contribution in [0.3, 0.4) is 0 Å². The number of halogens is 1. The van der Waals surface area contributed by atoms with Crippen LogP contribution >= 0.6 is 0 Å². The largest absolute Gasteiger partial charge is 0.350 e. The van der Waals surface area contributed by atoms with Gasteiger partial charge in [0, 0.05) is 13.1 Å². The maximum absolute atomic E-state index is 13.6. The highest BCUT2D eigenvalue weighted by molar-refractivity contribution is 7.92. The Bertz CT molecular complexity index is 1010. The number of benzene rings is 2. The predicted molar refractivity (Wildman–Crippen MR) is 121 cm³/mol. The highest BCUT2D eigenvalue weighted by Gasteiger charge is 2.29. The highest BCUT2D eigenvalue weighted by atomic mass is 32.2. The molecule has 2 aromatic rings. The standard InChI is InChI=1S/C23H30FN3O3S/c1-18(27(31(2,29)30)22-11-7-10-21(24)15-22)23(28)25-16-19-8-6-9-20(14-19)17-26-12-4-3-5-13-26/h6-11,14-15,18H,3-5,12-13,16-17H2,1-2H3,(H,25,28). The van der Waals surface area contributed by atoms with Crippen molar-refractivity contribution in [1.82, 2.24) is 10.2 Å². The van der Waals surface area contributed by atoms with Gasteiger partial charge in [0.1, 0.15) is 11.9 Å². The van der Waals surface area contributed by atoms with Gasteiger partial charge in [-0.2, -0.15) is 0 Å². The number of carbonyl (C=O) groups is 1. The van der Waals surface area contributed by atoms with E-state index >= 15 is 0 Å². The van der Waals surface area contributed by atoms with E-state index in [9.17, 15) is 17.6 Å². The van der Waals surface area contributed by atoms with Crippen LogP contribution in [0.15, 0.2) is 48.5 Å². The van der Waals surface area contributed by atoms with Crippen molar-refractivity contribution in [2.45, 2.75) is 45.3 Å². The Kier molecular flexibility index (Phi) is 7.67. The van der Waals surface area contributed by atoms with E-state index < -0.39 is 27.8 Å². The van der Waals surface area contributed by atoms with Gasteiger partial charge in [0.2, 0.25) is 15.9 Å². The van der Waals surface area contributed by atoms with Crippen LogP contribution in [0.1, 0.15) is 37.3 Å². The molecule has 0 aliphatic carbocycles. The minimum atomic E-state index is -3.78. The fourth-order valence-electron chi connectivity index (χ4n) is 3.97. The molecule has 0 bridgehead atoms. The average molecular weight is 448 g/mol. The quantitative estimate of drug-likeness (QED) is 0.674. The second-order valence-corrected chi connectivity index (χ2v) is 9.95. The Hall–Kier alpha value is -2.45. The Labute approximate surface area is 184 Å². The third-order valence-corrected chi connectivity index (χ3v) is 6.71. The fourth-order valence-corrected chi connectivity index (χ4v) is 5.14. The van der Waals surface area contributed by atoms with Crippen LogP contribution in [0.2, 0.25) is 0 Å². The van der Waals surface area contributed by atoms with Gasteiger partial charge in [-0.3, -0.25) is 14.0 Å². The van der Waals surface area contributed by atoms with Crippen LogP contribution in [-0.2, 0) is 27.9 Å². The summed E-state index contributed by atoms with van der Waals surface area (Å²) in [6.07, 6.45) is 4.76. The molecule has 1 atom stereocenters. The van der Waals surface area contributed by atoms with Gasteiger partial charge in [-0.25, -0.2) is 12.8 Å². The molecular formula is C23H30FN3O3S. The van der Waals surface area contributed by atoms with Gasteiger partial charge in [0.25, 0.3) is 0 Å². The maximum Gasteiger partial charge on any atom is 0.243 e. The summed E-state index contributed by atoms with van der Waals surface area (Å²) in [5.41, 5.74) is 2.26. The predicted octanol–water partition coefficient (Wildman–Crippen LogP) is 3.28. The topological polar surface area (TPSA) is 69.7 Å². The molecule has 1 unspecified atom stereocenters. The Morgan fingerprint density at radius 2 is 1.77 bits per heavy atom. The molecule has 168 valence electrons. The summed E-state index contributed by atoms with van der Waals surface area (Å²) in [6.45, 7) is 4.89.